The van der Waals surface area contributed by atoms with Crippen LogP contribution in [0.15, 0.2) is 36.7 Å². The lowest BCUT2D eigenvalue weighted by molar-refractivity contribution is -0.137. The first-order valence-electron chi connectivity index (χ1n) is 5.43. The predicted octanol–water partition coefficient (Wildman–Crippen LogP) is 1.87. The van der Waals surface area contributed by atoms with Crippen molar-refractivity contribution in [1.82, 2.24) is 9.55 Å². The van der Waals surface area contributed by atoms with Crippen LogP contribution in [0.3, 0.4) is 0 Å². The summed E-state index contributed by atoms with van der Waals surface area (Å²) in [6.45, 7) is 1.86. The van der Waals surface area contributed by atoms with Crippen LogP contribution >= 0.6 is 0 Å². The van der Waals surface area contributed by atoms with Crippen molar-refractivity contribution in [2.75, 3.05) is 0 Å². The second kappa shape index (κ2) is 4.82. The molecule has 1 N–H and O–H groups in total. The normalized spacial score (nSPS) is 10.4. The third kappa shape index (κ3) is 2.72. The molecule has 2 rings (SSSR count). The third-order valence-corrected chi connectivity index (χ3v) is 2.68. The van der Waals surface area contributed by atoms with Gasteiger partial charge in [-0.25, -0.2) is 4.98 Å². The van der Waals surface area contributed by atoms with Crippen LogP contribution < -0.4 is 0 Å². The molecule has 4 heteroatoms. The van der Waals surface area contributed by atoms with Crippen LogP contribution in [0.2, 0.25) is 0 Å². The van der Waals surface area contributed by atoms with E-state index in [9.17, 15) is 4.79 Å². The maximum absolute atomic E-state index is 10.7. The Hall–Kier alpha value is -2.10. The molecule has 0 aliphatic heterocycles. The van der Waals surface area contributed by atoms with E-state index in [2.05, 4.69) is 4.98 Å². The third-order valence-electron chi connectivity index (χ3n) is 2.68. The van der Waals surface area contributed by atoms with E-state index in [4.69, 9.17) is 5.11 Å². The summed E-state index contributed by atoms with van der Waals surface area (Å²) in [5.74, 6) is -0.850. The molecule has 0 atom stereocenters. The molecule has 0 aliphatic rings. The van der Waals surface area contributed by atoms with E-state index in [1.165, 1.54) is 0 Å². The van der Waals surface area contributed by atoms with Crippen molar-refractivity contribution < 1.29 is 9.90 Å². The fourth-order valence-corrected chi connectivity index (χ4v) is 1.81. The Labute approximate surface area is 99.5 Å². The summed E-state index contributed by atoms with van der Waals surface area (Å²) >= 11 is 0. The molecule has 0 aliphatic carbocycles. The van der Waals surface area contributed by atoms with Gasteiger partial charge in [0, 0.05) is 12.1 Å². The molecule has 0 saturated carbocycles. The molecular formula is C13H14N2O2. The van der Waals surface area contributed by atoms with Crippen molar-refractivity contribution in [3.05, 3.63) is 53.6 Å². The molecule has 2 aromatic rings. The summed E-state index contributed by atoms with van der Waals surface area (Å²) < 4.78 is 1.69. The largest absolute Gasteiger partial charge is 0.480 e. The van der Waals surface area contributed by atoms with Crippen molar-refractivity contribution in [2.45, 2.75) is 19.9 Å². The monoisotopic (exact) mass is 230 g/mol. The molecule has 0 saturated heterocycles. The number of rotatable bonds is 4. The SMILES string of the molecule is Cc1ncn(CC(=O)O)c1Cc1ccccc1. The van der Waals surface area contributed by atoms with Gasteiger partial charge in [0.05, 0.1) is 12.0 Å². The van der Waals surface area contributed by atoms with Gasteiger partial charge in [-0.3, -0.25) is 4.79 Å². The number of aromatic nitrogens is 2. The van der Waals surface area contributed by atoms with E-state index >= 15 is 0 Å². The molecule has 17 heavy (non-hydrogen) atoms. The Kier molecular flexibility index (Phi) is 3.23. The first kappa shape index (κ1) is 11.4. The number of hydrogen-bond acceptors (Lipinski definition) is 2. The summed E-state index contributed by atoms with van der Waals surface area (Å²) in [7, 11) is 0. The number of carboxylic acid groups (broad SMARTS) is 1. The summed E-state index contributed by atoms with van der Waals surface area (Å²) in [6.07, 6.45) is 2.29. The number of carbonyl (C=O) groups is 1. The van der Waals surface area contributed by atoms with Gasteiger partial charge in [-0.1, -0.05) is 30.3 Å². The lowest BCUT2D eigenvalue weighted by Gasteiger charge is -2.06. The van der Waals surface area contributed by atoms with Crippen LogP contribution in [0.25, 0.3) is 0 Å². The van der Waals surface area contributed by atoms with Crippen molar-refractivity contribution in [3.8, 4) is 0 Å². The highest BCUT2D eigenvalue weighted by Crippen LogP contribution is 2.13. The van der Waals surface area contributed by atoms with E-state index < -0.39 is 5.97 Å². The molecule has 4 nitrogen and oxygen atoms in total. The van der Waals surface area contributed by atoms with Crippen molar-refractivity contribution in [3.63, 3.8) is 0 Å². The fraction of sp³-hybridized carbons (Fsp3) is 0.231. The van der Waals surface area contributed by atoms with Crippen LogP contribution in [0.1, 0.15) is 17.0 Å². The Bertz CT molecular complexity index is 517. The van der Waals surface area contributed by atoms with Crippen molar-refractivity contribution in [2.24, 2.45) is 0 Å². The van der Waals surface area contributed by atoms with E-state index in [1.54, 1.807) is 10.9 Å². The highest BCUT2D eigenvalue weighted by atomic mass is 16.4. The standard InChI is InChI=1S/C13H14N2O2/c1-10-12(7-11-5-3-2-4-6-11)15(9-14-10)8-13(16)17/h2-6,9H,7-8H2,1H3,(H,16,17). The van der Waals surface area contributed by atoms with Crippen LogP contribution in [-0.2, 0) is 17.8 Å². The topological polar surface area (TPSA) is 55.1 Å². The smallest absolute Gasteiger partial charge is 0.323 e. The molecule has 88 valence electrons. The molecular weight excluding hydrogens is 216 g/mol. The molecule has 0 bridgehead atoms. The zero-order chi connectivity index (χ0) is 12.3. The second-order valence-electron chi connectivity index (χ2n) is 3.96. The van der Waals surface area contributed by atoms with E-state index in [0.29, 0.717) is 6.42 Å². The van der Waals surface area contributed by atoms with Crippen LogP contribution in [0, 0.1) is 6.92 Å². The maximum Gasteiger partial charge on any atom is 0.323 e. The van der Waals surface area contributed by atoms with Gasteiger partial charge in [-0.15, -0.1) is 0 Å². The zero-order valence-electron chi connectivity index (χ0n) is 9.63. The van der Waals surface area contributed by atoms with Gasteiger partial charge in [-0.2, -0.15) is 0 Å². The summed E-state index contributed by atoms with van der Waals surface area (Å²) in [6, 6.07) is 9.96. The van der Waals surface area contributed by atoms with Crippen LogP contribution in [0.5, 0.6) is 0 Å². The molecule has 0 fully saturated rings. The highest BCUT2D eigenvalue weighted by Gasteiger charge is 2.10. The maximum atomic E-state index is 10.7. The highest BCUT2D eigenvalue weighted by molar-refractivity contribution is 5.66. The van der Waals surface area contributed by atoms with E-state index in [1.807, 2.05) is 37.3 Å². The van der Waals surface area contributed by atoms with Crippen LogP contribution in [-0.4, -0.2) is 20.6 Å². The Morgan fingerprint density at radius 3 is 2.71 bits per heavy atom. The van der Waals surface area contributed by atoms with Crippen molar-refractivity contribution >= 4 is 5.97 Å². The molecule has 0 unspecified atom stereocenters. The lowest BCUT2D eigenvalue weighted by Crippen LogP contribution is -2.11. The first-order valence-corrected chi connectivity index (χ1v) is 5.43. The molecule has 1 aromatic carbocycles. The number of aryl methyl sites for hydroxylation is 1. The number of aliphatic carboxylic acids is 1. The zero-order valence-corrected chi connectivity index (χ0v) is 9.63. The molecule has 0 spiro atoms. The average Bonchev–Trinajstić information content (AvgIpc) is 2.62. The molecule has 0 amide bonds. The number of carboxylic acids is 1. The minimum Gasteiger partial charge on any atom is -0.480 e. The minimum absolute atomic E-state index is 0.0387. The number of nitrogens with zero attached hydrogens (tertiary/aromatic N) is 2. The fourth-order valence-electron chi connectivity index (χ4n) is 1.81. The van der Waals surface area contributed by atoms with Gasteiger partial charge < -0.3 is 9.67 Å². The summed E-state index contributed by atoms with van der Waals surface area (Å²) in [5.41, 5.74) is 3.00. The molecule has 1 heterocycles. The van der Waals surface area contributed by atoms with Crippen molar-refractivity contribution in [1.29, 1.82) is 0 Å². The quantitative estimate of drug-likeness (QED) is 0.872. The van der Waals surface area contributed by atoms with Gasteiger partial charge >= 0.3 is 5.97 Å². The number of imidazole rings is 1. The van der Waals surface area contributed by atoms with Gasteiger partial charge in [0.1, 0.15) is 6.54 Å². The van der Waals surface area contributed by atoms with Crippen LogP contribution in [0.4, 0.5) is 0 Å². The predicted molar refractivity (Wildman–Crippen MR) is 63.8 cm³/mol. The Morgan fingerprint density at radius 1 is 1.35 bits per heavy atom. The second-order valence-corrected chi connectivity index (χ2v) is 3.96. The summed E-state index contributed by atoms with van der Waals surface area (Å²) in [5, 5.41) is 8.82. The van der Waals surface area contributed by atoms with E-state index in [-0.39, 0.29) is 6.54 Å². The first-order chi connectivity index (χ1) is 8.16. The number of benzene rings is 1. The van der Waals surface area contributed by atoms with Gasteiger partial charge in [0.2, 0.25) is 0 Å². The van der Waals surface area contributed by atoms with Gasteiger partial charge in [0.15, 0.2) is 0 Å². The lowest BCUT2D eigenvalue weighted by atomic mass is 10.1. The molecule has 1 aromatic heterocycles. The number of hydrogen-bond donors (Lipinski definition) is 1. The van der Waals surface area contributed by atoms with Gasteiger partial charge in [0.25, 0.3) is 0 Å². The molecule has 0 radical (unpaired) electrons. The Morgan fingerprint density at radius 2 is 2.06 bits per heavy atom. The Balaban J connectivity index is 2.26. The minimum atomic E-state index is -0.850. The van der Waals surface area contributed by atoms with E-state index in [0.717, 1.165) is 17.0 Å². The van der Waals surface area contributed by atoms with Gasteiger partial charge in [-0.05, 0) is 12.5 Å². The summed E-state index contributed by atoms with van der Waals surface area (Å²) in [4.78, 5) is 14.9. The average molecular weight is 230 g/mol.